The summed E-state index contributed by atoms with van der Waals surface area (Å²) < 4.78 is 0. The largest absolute Gasteiger partial charge is 0.508 e. The first-order chi connectivity index (χ1) is 24.4. The monoisotopic (exact) mass is 726 g/mol. The fourth-order valence-electron chi connectivity index (χ4n) is 5.85. The summed E-state index contributed by atoms with van der Waals surface area (Å²) in [6, 6.07) is 48.9. The van der Waals surface area contributed by atoms with Crippen LogP contribution in [0.15, 0.2) is 158 Å². The lowest BCUT2D eigenvalue weighted by Gasteiger charge is -2.17. The minimum absolute atomic E-state index is 0.0185. The first kappa shape index (κ1) is 35.7. The van der Waals surface area contributed by atoms with Crippen molar-refractivity contribution in [3.63, 3.8) is 0 Å². The Morgan fingerprint density at radius 3 is 0.940 bits per heavy atom. The van der Waals surface area contributed by atoms with Crippen molar-refractivity contribution in [1.29, 1.82) is 0 Å². The number of rotatable bonds is 10. The molecule has 0 radical (unpaired) electrons. The molecule has 0 aliphatic heterocycles. The van der Waals surface area contributed by atoms with Gasteiger partial charge in [-0.2, -0.15) is 0 Å². The van der Waals surface area contributed by atoms with Gasteiger partial charge in [0.1, 0.15) is 23.0 Å². The Morgan fingerprint density at radius 2 is 0.640 bits per heavy atom. The number of phenolic OH excluding ortho intramolecular Hbond substituents is 4. The number of allylic oxidation sites excluding steroid dienone is 1. The number of alkyl halides is 1. The molecule has 6 heteroatoms. The Labute approximate surface area is 301 Å². The van der Waals surface area contributed by atoms with E-state index in [1.54, 1.807) is 48.5 Å². The fourth-order valence-corrected chi connectivity index (χ4v) is 6.25. The normalized spacial score (nSPS) is 11.9. The summed E-state index contributed by atoms with van der Waals surface area (Å²) >= 11 is 3.56. The molecule has 0 aliphatic rings. The zero-order chi connectivity index (χ0) is 35.3. The SMILES string of the molecule is OCCC(=C(c1ccccc1)c1ccc(O)cc1)c1ccc(O)cc1.Oc1ccc(C(CCBr)=C(c2ccccc2)c2ccc(O)cc2)cc1. The van der Waals surface area contributed by atoms with Gasteiger partial charge in [-0.25, -0.2) is 0 Å². The van der Waals surface area contributed by atoms with E-state index in [4.69, 9.17) is 0 Å². The summed E-state index contributed by atoms with van der Waals surface area (Å²) in [6.45, 7) is 0.0185. The Bertz CT molecular complexity index is 1850. The van der Waals surface area contributed by atoms with Gasteiger partial charge in [0.05, 0.1) is 0 Å². The molecule has 6 aromatic rings. The van der Waals surface area contributed by atoms with Gasteiger partial charge in [-0.05, 0) is 117 Å². The van der Waals surface area contributed by atoms with Crippen LogP contribution < -0.4 is 0 Å². The van der Waals surface area contributed by atoms with Crippen LogP contribution >= 0.6 is 15.9 Å². The second kappa shape index (κ2) is 17.7. The van der Waals surface area contributed by atoms with Crippen molar-refractivity contribution in [3.05, 3.63) is 191 Å². The van der Waals surface area contributed by atoms with Crippen LogP contribution in [-0.2, 0) is 0 Å². The maximum atomic E-state index is 9.65. The van der Waals surface area contributed by atoms with Gasteiger partial charge in [-0.1, -0.05) is 125 Å². The zero-order valence-corrected chi connectivity index (χ0v) is 29.0. The van der Waals surface area contributed by atoms with Gasteiger partial charge < -0.3 is 25.5 Å². The number of hydrogen-bond donors (Lipinski definition) is 5. The average molecular weight is 728 g/mol. The molecule has 0 bridgehead atoms. The number of aliphatic hydroxyl groups excluding tert-OH is 1. The van der Waals surface area contributed by atoms with Crippen LogP contribution in [0.5, 0.6) is 23.0 Å². The molecule has 6 aromatic carbocycles. The van der Waals surface area contributed by atoms with Crippen LogP contribution in [0.2, 0.25) is 0 Å². The highest BCUT2D eigenvalue weighted by Gasteiger charge is 2.15. The number of aliphatic hydroxyl groups is 1. The van der Waals surface area contributed by atoms with E-state index < -0.39 is 0 Å². The van der Waals surface area contributed by atoms with E-state index in [0.717, 1.165) is 61.9 Å². The molecule has 0 saturated carbocycles. The van der Waals surface area contributed by atoms with E-state index in [9.17, 15) is 25.5 Å². The number of benzene rings is 6. The van der Waals surface area contributed by atoms with Crippen LogP contribution in [0.3, 0.4) is 0 Å². The number of aromatic hydroxyl groups is 4. The predicted octanol–water partition coefficient (Wildman–Crippen LogP) is 10.3. The Morgan fingerprint density at radius 1 is 0.360 bits per heavy atom. The van der Waals surface area contributed by atoms with Crippen molar-refractivity contribution in [1.82, 2.24) is 0 Å². The van der Waals surface area contributed by atoms with Crippen molar-refractivity contribution in [2.24, 2.45) is 0 Å². The standard InChI is InChI=1S/C22H19BrO2.C22H20O3/c2*23-15-14-21(16-6-10-19(24)11-7-16)22(17-4-2-1-3-5-17)18-8-12-20(25)13-9-18/h1-13,24-25H,14-15H2;1-13,23-25H,14-15H2. The average Bonchev–Trinajstić information content (AvgIpc) is 3.15. The van der Waals surface area contributed by atoms with Crippen LogP contribution in [0.25, 0.3) is 22.3 Å². The van der Waals surface area contributed by atoms with E-state index in [1.807, 2.05) is 97.1 Å². The molecule has 0 aromatic heterocycles. The molecule has 0 fully saturated rings. The summed E-state index contributed by atoms with van der Waals surface area (Å²) in [6.07, 6.45) is 1.33. The second-order valence-electron chi connectivity index (χ2n) is 11.5. The van der Waals surface area contributed by atoms with Crippen molar-refractivity contribution in [2.45, 2.75) is 12.8 Å². The van der Waals surface area contributed by atoms with Crippen LogP contribution in [0, 0.1) is 0 Å². The molecular formula is C44H39BrO5. The van der Waals surface area contributed by atoms with Crippen molar-refractivity contribution >= 4 is 38.2 Å². The lowest BCUT2D eigenvalue weighted by molar-refractivity contribution is 0.305. The summed E-state index contributed by atoms with van der Waals surface area (Å²) in [5, 5.41) is 48.9. The Balaban J connectivity index is 0.000000194. The lowest BCUT2D eigenvalue weighted by atomic mass is 9.88. The quantitative estimate of drug-likeness (QED) is 0.0715. The number of phenols is 4. The molecule has 0 saturated heterocycles. The maximum absolute atomic E-state index is 9.65. The topological polar surface area (TPSA) is 101 Å². The van der Waals surface area contributed by atoms with Crippen molar-refractivity contribution in [3.8, 4) is 23.0 Å². The number of hydrogen-bond acceptors (Lipinski definition) is 5. The molecule has 6 rings (SSSR count). The van der Waals surface area contributed by atoms with E-state index >= 15 is 0 Å². The third-order valence-electron chi connectivity index (χ3n) is 8.18. The molecule has 0 amide bonds. The molecular weight excluding hydrogens is 688 g/mol. The van der Waals surface area contributed by atoms with Gasteiger partial charge in [0.2, 0.25) is 0 Å². The molecule has 50 heavy (non-hydrogen) atoms. The molecule has 0 spiro atoms. The molecule has 0 atom stereocenters. The predicted molar refractivity (Wildman–Crippen MR) is 207 cm³/mol. The summed E-state index contributed by atoms with van der Waals surface area (Å²) in [7, 11) is 0. The van der Waals surface area contributed by atoms with E-state index in [2.05, 4.69) is 28.1 Å². The Hall–Kier alpha value is -5.56. The third kappa shape index (κ3) is 9.32. The van der Waals surface area contributed by atoms with Crippen LogP contribution in [-0.4, -0.2) is 37.5 Å². The van der Waals surface area contributed by atoms with Crippen LogP contribution in [0.1, 0.15) is 46.2 Å². The van der Waals surface area contributed by atoms with Gasteiger partial charge in [0.25, 0.3) is 0 Å². The molecule has 0 unspecified atom stereocenters. The molecule has 5 nitrogen and oxygen atoms in total. The molecule has 0 aliphatic carbocycles. The van der Waals surface area contributed by atoms with Crippen LogP contribution in [0.4, 0.5) is 0 Å². The van der Waals surface area contributed by atoms with Gasteiger partial charge in [-0.3, -0.25) is 0 Å². The lowest BCUT2D eigenvalue weighted by Crippen LogP contribution is -1.97. The minimum atomic E-state index is 0.0185. The third-order valence-corrected chi connectivity index (χ3v) is 8.57. The highest BCUT2D eigenvalue weighted by molar-refractivity contribution is 9.09. The van der Waals surface area contributed by atoms with E-state index in [1.165, 1.54) is 5.57 Å². The molecule has 0 heterocycles. The van der Waals surface area contributed by atoms with E-state index in [0.29, 0.717) is 6.42 Å². The summed E-state index contributed by atoms with van der Waals surface area (Å²) in [5.74, 6) is 0.929. The first-order valence-electron chi connectivity index (χ1n) is 16.3. The first-order valence-corrected chi connectivity index (χ1v) is 17.4. The minimum Gasteiger partial charge on any atom is -0.508 e. The molecule has 252 valence electrons. The Kier molecular flexibility index (Phi) is 12.7. The maximum Gasteiger partial charge on any atom is 0.115 e. The second-order valence-corrected chi connectivity index (χ2v) is 12.3. The zero-order valence-electron chi connectivity index (χ0n) is 27.5. The van der Waals surface area contributed by atoms with E-state index in [-0.39, 0.29) is 29.6 Å². The smallest absolute Gasteiger partial charge is 0.115 e. The van der Waals surface area contributed by atoms with Gasteiger partial charge >= 0.3 is 0 Å². The summed E-state index contributed by atoms with van der Waals surface area (Å²) in [5.41, 5.74) is 10.5. The van der Waals surface area contributed by atoms with Gasteiger partial charge in [0.15, 0.2) is 0 Å². The number of halogens is 1. The van der Waals surface area contributed by atoms with Crippen molar-refractivity contribution < 1.29 is 25.5 Å². The highest BCUT2D eigenvalue weighted by Crippen LogP contribution is 2.37. The highest BCUT2D eigenvalue weighted by atomic mass is 79.9. The molecule has 5 N–H and O–H groups in total. The fraction of sp³-hybridized carbons (Fsp3) is 0.0909. The van der Waals surface area contributed by atoms with Gasteiger partial charge in [-0.15, -0.1) is 0 Å². The van der Waals surface area contributed by atoms with Gasteiger partial charge in [0, 0.05) is 11.9 Å². The van der Waals surface area contributed by atoms with Crippen molar-refractivity contribution in [2.75, 3.05) is 11.9 Å². The summed E-state index contributed by atoms with van der Waals surface area (Å²) in [4.78, 5) is 0.